The van der Waals surface area contributed by atoms with Gasteiger partial charge in [0.05, 0.1) is 12.2 Å². The van der Waals surface area contributed by atoms with Crippen LogP contribution in [0.5, 0.6) is 5.75 Å². The summed E-state index contributed by atoms with van der Waals surface area (Å²) in [5, 5.41) is 3.55. The van der Waals surface area contributed by atoms with Crippen molar-refractivity contribution in [1.82, 2.24) is 0 Å². The van der Waals surface area contributed by atoms with Gasteiger partial charge in [-0.15, -0.1) is 0 Å². The molecule has 0 aliphatic carbocycles. The largest absolute Gasteiger partial charge is 0.486 e. The highest BCUT2D eigenvalue weighted by atomic mass is 35.5. The van der Waals surface area contributed by atoms with Gasteiger partial charge in [-0.25, -0.2) is 4.79 Å². The molecule has 5 heteroatoms. The molecule has 23 heavy (non-hydrogen) atoms. The molecular weight excluding hydrogens is 312 g/mol. The Morgan fingerprint density at radius 1 is 1.35 bits per heavy atom. The highest BCUT2D eigenvalue weighted by Gasteiger charge is 2.29. The summed E-state index contributed by atoms with van der Waals surface area (Å²) in [6.07, 6.45) is 0.808. The number of urea groups is 1. The van der Waals surface area contributed by atoms with E-state index in [9.17, 15) is 4.79 Å². The van der Waals surface area contributed by atoms with Crippen molar-refractivity contribution in [2.24, 2.45) is 0 Å². The lowest BCUT2D eigenvalue weighted by molar-refractivity contribution is 0.188. The zero-order valence-electron chi connectivity index (χ0n) is 13.2. The van der Waals surface area contributed by atoms with Gasteiger partial charge >= 0.3 is 6.03 Å². The maximum Gasteiger partial charge on any atom is 0.326 e. The molecule has 0 bridgehead atoms. The van der Waals surface area contributed by atoms with E-state index in [-0.39, 0.29) is 12.1 Å². The van der Waals surface area contributed by atoms with Crippen LogP contribution in [0.15, 0.2) is 42.5 Å². The van der Waals surface area contributed by atoms with E-state index in [1.807, 2.05) is 44.2 Å². The standard InChI is InChI=1S/C18H19ClN2O2/c1-3-14-11-21(16-10-13(19)8-9-17(16)23-14)18(22)20-15-7-5-4-6-12(15)2/h4-10,14H,3,11H2,1-2H3,(H,20,22)/t14-/m0/s1. The van der Waals surface area contributed by atoms with Crippen molar-refractivity contribution in [1.29, 1.82) is 0 Å². The fourth-order valence-corrected chi connectivity index (χ4v) is 2.79. The van der Waals surface area contributed by atoms with Crippen LogP contribution in [0.1, 0.15) is 18.9 Å². The van der Waals surface area contributed by atoms with Crippen molar-refractivity contribution >= 4 is 29.0 Å². The van der Waals surface area contributed by atoms with Crippen LogP contribution in [0.4, 0.5) is 16.2 Å². The number of amides is 2. The Bertz CT molecular complexity index is 733. The van der Waals surface area contributed by atoms with E-state index in [0.29, 0.717) is 23.0 Å². The minimum Gasteiger partial charge on any atom is -0.486 e. The maximum absolute atomic E-state index is 12.8. The fourth-order valence-electron chi connectivity index (χ4n) is 2.62. The lowest BCUT2D eigenvalue weighted by Gasteiger charge is -2.34. The number of aryl methyl sites for hydroxylation is 1. The number of halogens is 1. The molecular formula is C18H19ClN2O2. The summed E-state index contributed by atoms with van der Waals surface area (Å²) in [5.41, 5.74) is 2.53. The monoisotopic (exact) mass is 330 g/mol. The first-order valence-corrected chi connectivity index (χ1v) is 8.06. The molecule has 4 nitrogen and oxygen atoms in total. The highest BCUT2D eigenvalue weighted by molar-refractivity contribution is 6.31. The summed E-state index contributed by atoms with van der Waals surface area (Å²) in [6, 6.07) is 12.9. The fraction of sp³-hybridized carbons (Fsp3) is 0.278. The third kappa shape index (κ3) is 3.27. The average molecular weight is 331 g/mol. The molecule has 2 aromatic rings. The summed E-state index contributed by atoms with van der Waals surface area (Å²) in [6.45, 7) is 4.51. The third-order valence-electron chi connectivity index (χ3n) is 3.98. The smallest absolute Gasteiger partial charge is 0.326 e. The number of hydrogen-bond acceptors (Lipinski definition) is 2. The van der Waals surface area contributed by atoms with Crippen LogP contribution in [0.25, 0.3) is 0 Å². The first-order valence-electron chi connectivity index (χ1n) is 7.69. The van der Waals surface area contributed by atoms with Crippen molar-refractivity contribution in [3.63, 3.8) is 0 Å². The van der Waals surface area contributed by atoms with E-state index in [0.717, 1.165) is 17.7 Å². The van der Waals surface area contributed by atoms with Gasteiger partial charge in [0.15, 0.2) is 0 Å². The lowest BCUT2D eigenvalue weighted by atomic mass is 10.1. The molecule has 120 valence electrons. The molecule has 1 aliphatic rings. The van der Waals surface area contributed by atoms with Gasteiger partial charge in [0.25, 0.3) is 0 Å². The Hall–Kier alpha value is -2.20. The minimum atomic E-state index is -0.176. The number of nitrogens with one attached hydrogen (secondary N) is 1. The second kappa shape index (κ2) is 6.50. The molecule has 1 aliphatic heterocycles. The van der Waals surface area contributed by atoms with E-state index in [4.69, 9.17) is 16.3 Å². The number of ether oxygens (including phenoxy) is 1. The van der Waals surface area contributed by atoms with Gasteiger partial charge in [-0.3, -0.25) is 4.90 Å². The van der Waals surface area contributed by atoms with Gasteiger partial charge in [0.2, 0.25) is 0 Å². The molecule has 0 aromatic heterocycles. The Morgan fingerprint density at radius 2 is 2.13 bits per heavy atom. The number of hydrogen-bond donors (Lipinski definition) is 1. The predicted molar refractivity (Wildman–Crippen MR) is 93.7 cm³/mol. The number of carbonyl (C=O) groups is 1. The molecule has 0 fully saturated rings. The number of nitrogens with zero attached hydrogens (tertiary/aromatic N) is 1. The van der Waals surface area contributed by atoms with E-state index >= 15 is 0 Å². The summed E-state index contributed by atoms with van der Waals surface area (Å²) in [4.78, 5) is 14.5. The second-order valence-corrected chi connectivity index (χ2v) is 6.05. The first kappa shape index (κ1) is 15.7. The van der Waals surface area contributed by atoms with E-state index in [1.165, 1.54) is 0 Å². The van der Waals surface area contributed by atoms with Crippen LogP contribution in [-0.2, 0) is 0 Å². The van der Waals surface area contributed by atoms with Crippen LogP contribution in [-0.4, -0.2) is 18.7 Å². The van der Waals surface area contributed by atoms with Crippen LogP contribution in [0.2, 0.25) is 5.02 Å². The van der Waals surface area contributed by atoms with Crippen LogP contribution < -0.4 is 15.0 Å². The predicted octanol–water partition coefficient (Wildman–Crippen LogP) is 4.86. The van der Waals surface area contributed by atoms with E-state index < -0.39 is 0 Å². The SMILES string of the molecule is CC[C@H]1CN(C(=O)Nc2ccccc2C)c2cc(Cl)ccc2O1. The van der Waals surface area contributed by atoms with Gasteiger partial charge in [0.1, 0.15) is 11.9 Å². The topological polar surface area (TPSA) is 41.6 Å². The number of benzene rings is 2. The van der Waals surface area contributed by atoms with Gasteiger partial charge in [-0.2, -0.15) is 0 Å². The molecule has 0 saturated heterocycles. The molecule has 0 spiro atoms. The zero-order valence-corrected chi connectivity index (χ0v) is 13.9. The number of rotatable bonds is 2. The number of anilines is 2. The average Bonchev–Trinajstić information content (AvgIpc) is 2.56. The van der Waals surface area contributed by atoms with Crippen molar-refractivity contribution in [2.45, 2.75) is 26.4 Å². The molecule has 1 heterocycles. The molecule has 0 radical (unpaired) electrons. The quantitative estimate of drug-likeness (QED) is 0.854. The molecule has 1 N–H and O–H groups in total. The Morgan fingerprint density at radius 3 is 2.87 bits per heavy atom. The molecule has 1 atom stereocenters. The molecule has 2 amide bonds. The van der Waals surface area contributed by atoms with Gasteiger partial charge in [0, 0.05) is 10.7 Å². The Balaban J connectivity index is 1.90. The van der Waals surface area contributed by atoms with Crippen molar-refractivity contribution in [2.75, 3.05) is 16.8 Å². The number of carbonyl (C=O) groups excluding carboxylic acids is 1. The van der Waals surface area contributed by atoms with Crippen LogP contribution in [0, 0.1) is 6.92 Å². The van der Waals surface area contributed by atoms with Crippen molar-refractivity contribution in [3.8, 4) is 5.75 Å². The molecule has 0 unspecified atom stereocenters. The summed E-state index contributed by atoms with van der Waals surface area (Å²) >= 11 is 6.09. The molecule has 0 saturated carbocycles. The summed E-state index contributed by atoms with van der Waals surface area (Å²) in [5.74, 6) is 0.687. The van der Waals surface area contributed by atoms with Gasteiger partial charge < -0.3 is 10.1 Å². The maximum atomic E-state index is 12.8. The second-order valence-electron chi connectivity index (χ2n) is 5.62. The Kier molecular flexibility index (Phi) is 4.44. The van der Waals surface area contributed by atoms with Gasteiger partial charge in [-0.05, 0) is 43.2 Å². The van der Waals surface area contributed by atoms with Gasteiger partial charge in [-0.1, -0.05) is 36.7 Å². The van der Waals surface area contributed by atoms with Crippen LogP contribution >= 0.6 is 11.6 Å². The van der Waals surface area contributed by atoms with Crippen LogP contribution in [0.3, 0.4) is 0 Å². The highest BCUT2D eigenvalue weighted by Crippen LogP contribution is 2.36. The minimum absolute atomic E-state index is 0.0219. The van der Waals surface area contributed by atoms with E-state index in [2.05, 4.69) is 5.32 Å². The summed E-state index contributed by atoms with van der Waals surface area (Å²) < 4.78 is 5.91. The molecule has 2 aromatic carbocycles. The number of para-hydroxylation sites is 1. The zero-order chi connectivity index (χ0) is 16.4. The third-order valence-corrected chi connectivity index (χ3v) is 4.21. The molecule has 3 rings (SSSR count). The lowest BCUT2D eigenvalue weighted by Crippen LogP contribution is -2.45. The number of fused-ring (bicyclic) bond motifs is 1. The van der Waals surface area contributed by atoms with Crippen molar-refractivity contribution < 1.29 is 9.53 Å². The summed E-state index contributed by atoms with van der Waals surface area (Å²) in [7, 11) is 0. The van der Waals surface area contributed by atoms with Crippen molar-refractivity contribution in [3.05, 3.63) is 53.1 Å². The normalized spacial score (nSPS) is 16.5. The van der Waals surface area contributed by atoms with E-state index in [1.54, 1.807) is 17.0 Å². The first-order chi connectivity index (χ1) is 11.1. The Labute approximate surface area is 141 Å².